The number of hydrogen-bond acceptors (Lipinski definition) is 5. The Kier molecular flexibility index (Phi) is 4.45. The van der Waals surface area contributed by atoms with Gasteiger partial charge in [-0.2, -0.15) is 0 Å². The highest BCUT2D eigenvalue weighted by Gasteiger charge is 2.10. The second kappa shape index (κ2) is 5.83. The van der Waals surface area contributed by atoms with E-state index in [0.29, 0.717) is 23.6 Å². The van der Waals surface area contributed by atoms with Gasteiger partial charge in [0.25, 0.3) is 0 Å². The molecule has 0 saturated heterocycles. The van der Waals surface area contributed by atoms with Crippen molar-refractivity contribution in [2.45, 2.75) is 13.3 Å². The van der Waals surface area contributed by atoms with Crippen molar-refractivity contribution in [1.29, 1.82) is 0 Å². The number of nitrogens with one attached hydrogen (secondary N) is 1. The second-order valence-electron chi connectivity index (χ2n) is 3.46. The molecule has 1 aromatic heterocycles. The van der Waals surface area contributed by atoms with E-state index < -0.39 is 5.97 Å². The molecule has 92 valence electrons. The third-order valence-electron chi connectivity index (χ3n) is 2.17. The number of carbonyl (C=O) groups is 2. The Labute approximate surface area is 99.2 Å². The van der Waals surface area contributed by atoms with Crippen LogP contribution < -0.4 is 11.1 Å². The molecule has 1 aromatic rings. The molecule has 0 unspecified atom stereocenters. The van der Waals surface area contributed by atoms with Gasteiger partial charge in [0.1, 0.15) is 5.82 Å². The van der Waals surface area contributed by atoms with E-state index in [9.17, 15) is 9.59 Å². The molecule has 0 aliphatic heterocycles. The molecule has 0 fully saturated rings. The summed E-state index contributed by atoms with van der Waals surface area (Å²) in [6, 6.07) is 3.28. The topological polar surface area (TPSA) is 94.3 Å². The van der Waals surface area contributed by atoms with E-state index >= 15 is 0 Å². The Morgan fingerprint density at radius 3 is 2.71 bits per heavy atom. The number of carbonyl (C=O) groups excluding carboxylic acids is 2. The van der Waals surface area contributed by atoms with Gasteiger partial charge >= 0.3 is 5.97 Å². The fourth-order valence-electron chi connectivity index (χ4n) is 1.30. The van der Waals surface area contributed by atoms with Crippen LogP contribution in [-0.4, -0.2) is 30.5 Å². The Bertz CT molecular complexity index is 432. The molecule has 0 spiro atoms. The largest absolute Gasteiger partial charge is 0.465 e. The summed E-state index contributed by atoms with van der Waals surface area (Å²) in [7, 11) is 1.32. The van der Waals surface area contributed by atoms with Crippen LogP contribution in [0.4, 0.5) is 5.82 Å². The van der Waals surface area contributed by atoms with E-state index in [1.165, 1.54) is 7.11 Å². The quantitative estimate of drug-likeness (QED) is 0.726. The average molecular weight is 237 g/mol. The van der Waals surface area contributed by atoms with Crippen LogP contribution in [0, 0.1) is 6.92 Å². The van der Waals surface area contributed by atoms with Crippen LogP contribution >= 0.6 is 0 Å². The van der Waals surface area contributed by atoms with Crippen LogP contribution in [0.3, 0.4) is 0 Å². The Hall–Kier alpha value is -2.11. The fourth-order valence-corrected chi connectivity index (χ4v) is 1.30. The van der Waals surface area contributed by atoms with Crippen LogP contribution in [0.5, 0.6) is 0 Å². The third-order valence-corrected chi connectivity index (χ3v) is 2.17. The van der Waals surface area contributed by atoms with Crippen LogP contribution in [-0.2, 0) is 9.53 Å². The van der Waals surface area contributed by atoms with Gasteiger partial charge in [0, 0.05) is 13.0 Å². The summed E-state index contributed by atoms with van der Waals surface area (Å²) < 4.78 is 4.61. The van der Waals surface area contributed by atoms with Gasteiger partial charge in [-0.25, -0.2) is 9.78 Å². The zero-order chi connectivity index (χ0) is 12.8. The number of pyridine rings is 1. The summed E-state index contributed by atoms with van der Waals surface area (Å²) in [5.41, 5.74) is 6.00. The lowest BCUT2D eigenvalue weighted by Crippen LogP contribution is -2.16. The summed E-state index contributed by atoms with van der Waals surface area (Å²) >= 11 is 0. The van der Waals surface area contributed by atoms with E-state index in [2.05, 4.69) is 15.0 Å². The highest BCUT2D eigenvalue weighted by molar-refractivity contribution is 5.90. The Morgan fingerprint density at radius 1 is 1.47 bits per heavy atom. The van der Waals surface area contributed by atoms with Gasteiger partial charge in [0.2, 0.25) is 5.91 Å². The SMILES string of the molecule is COC(=O)c1ccc(NCCC(N)=O)nc1C. The molecule has 0 aliphatic rings. The Morgan fingerprint density at radius 2 is 2.18 bits per heavy atom. The van der Waals surface area contributed by atoms with Crippen molar-refractivity contribution in [1.82, 2.24) is 4.98 Å². The molecule has 0 atom stereocenters. The minimum atomic E-state index is -0.418. The first kappa shape index (κ1) is 13.0. The highest BCUT2D eigenvalue weighted by Crippen LogP contribution is 2.11. The normalized spacial score (nSPS) is 9.76. The first-order chi connectivity index (χ1) is 8.04. The molecule has 0 radical (unpaired) electrons. The lowest BCUT2D eigenvalue weighted by Gasteiger charge is -2.07. The van der Waals surface area contributed by atoms with Gasteiger partial charge in [0.15, 0.2) is 0 Å². The van der Waals surface area contributed by atoms with Crippen molar-refractivity contribution in [2.24, 2.45) is 5.73 Å². The molecular formula is C11H15N3O3. The monoisotopic (exact) mass is 237 g/mol. The number of aromatic nitrogens is 1. The molecule has 1 heterocycles. The van der Waals surface area contributed by atoms with Crippen molar-refractivity contribution in [3.63, 3.8) is 0 Å². The molecule has 0 aromatic carbocycles. The maximum atomic E-state index is 11.3. The smallest absolute Gasteiger partial charge is 0.339 e. The molecule has 17 heavy (non-hydrogen) atoms. The molecule has 0 bridgehead atoms. The molecule has 1 rings (SSSR count). The number of ether oxygens (including phenoxy) is 1. The number of rotatable bonds is 5. The van der Waals surface area contributed by atoms with Gasteiger partial charge in [-0.15, -0.1) is 0 Å². The van der Waals surface area contributed by atoms with E-state index in [1.54, 1.807) is 19.1 Å². The average Bonchev–Trinajstić information content (AvgIpc) is 2.28. The number of aryl methyl sites for hydroxylation is 1. The van der Waals surface area contributed by atoms with Crippen molar-refractivity contribution < 1.29 is 14.3 Å². The summed E-state index contributed by atoms with van der Waals surface area (Å²) in [6.45, 7) is 2.13. The van der Waals surface area contributed by atoms with E-state index in [4.69, 9.17) is 5.73 Å². The van der Waals surface area contributed by atoms with Gasteiger partial charge in [-0.1, -0.05) is 0 Å². The summed E-state index contributed by atoms with van der Waals surface area (Å²) in [5, 5.41) is 2.94. The minimum absolute atomic E-state index is 0.236. The number of amides is 1. The summed E-state index contributed by atoms with van der Waals surface area (Å²) in [6.07, 6.45) is 0.236. The molecule has 1 amide bonds. The van der Waals surface area contributed by atoms with Gasteiger partial charge in [0.05, 0.1) is 18.4 Å². The Balaban J connectivity index is 2.68. The van der Waals surface area contributed by atoms with Gasteiger partial charge in [-0.05, 0) is 19.1 Å². The number of nitrogens with zero attached hydrogens (tertiary/aromatic N) is 1. The summed E-state index contributed by atoms with van der Waals surface area (Å²) in [4.78, 5) is 26.0. The number of primary amides is 1. The highest BCUT2D eigenvalue weighted by atomic mass is 16.5. The van der Waals surface area contributed by atoms with Crippen LogP contribution in [0.25, 0.3) is 0 Å². The molecule has 6 nitrogen and oxygen atoms in total. The summed E-state index contributed by atoms with van der Waals surface area (Å²) in [5.74, 6) is -0.199. The predicted octanol–water partition coefficient (Wildman–Crippen LogP) is 0.464. The number of esters is 1. The third kappa shape index (κ3) is 3.75. The standard InChI is InChI=1S/C11H15N3O3/c1-7-8(11(16)17-2)3-4-10(14-7)13-6-5-9(12)15/h3-4H,5-6H2,1-2H3,(H2,12,15)(H,13,14). The van der Waals surface area contributed by atoms with E-state index in [0.717, 1.165) is 0 Å². The number of hydrogen-bond donors (Lipinski definition) is 2. The lowest BCUT2D eigenvalue weighted by atomic mass is 10.2. The zero-order valence-corrected chi connectivity index (χ0v) is 9.82. The van der Waals surface area contributed by atoms with Gasteiger partial charge < -0.3 is 15.8 Å². The molecule has 6 heteroatoms. The number of anilines is 1. The zero-order valence-electron chi connectivity index (χ0n) is 9.82. The van der Waals surface area contributed by atoms with E-state index in [1.807, 2.05) is 0 Å². The molecule has 3 N–H and O–H groups in total. The molecule has 0 aliphatic carbocycles. The van der Waals surface area contributed by atoms with Crippen molar-refractivity contribution in [3.8, 4) is 0 Å². The first-order valence-corrected chi connectivity index (χ1v) is 5.12. The van der Waals surface area contributed by atoms with Crippen molar-refractivity contribution >= 4 is 17.7 Å². The van der Waals surface area contributed by atoms with E-state index in [-0.39, 0.29) is 12.3 Å². The first-order valence-electron chi connectivity index (χ1n) is 5.12. The molecule has 0 saturated carbocycles. The number of nitrogens with two attached hydrogens (primary N) is 1. The molecular weight excluding hydrogens is 222 g/mol. The van der Waals surface area contributed by atoms with Crippen LogP contribution in [0.2, 0.25) is 0 Å². The van der Waals surface area contributed by atoms with Crippen molar-refractivity contribution in [2.75, 3.05) is 19.0 Å². The maximum absolute atomic E-state index is 11.3. The predicted molar refractivity (Wildman–Crippen MR) is 62.6 cm³/mol. The fraction of sp³-hybridized carbons (Fsp3) is 0.364. The second-order valence-corrected chi connectivity index (χ2v) is 3.46. The van der Waals surface area contributed by atoms with Crippen LogP contribution in [0.1, 0.15) is 22.5 Å². The van der Waals surface area contributed by atoms with Gasteiger partial charge in [-0.3, -0.25) is 4.79 Å². The number of methoxy groups -OCH3 is 1. The lowest BCUT2D eigenvalue weighted by molar-refractivity contribution is -0.117. The minimum Gasteiger partial charge on any atom is -0.465 e. The van der Waals surface area contributed by atoms with Crippen molar-refractivity contribution in [3.05, 3.63) is 23.4 Å². The maximum Gasteiger partial charge on any atom is 0.339 e. The van der Waals surface area contributed by atoms with Crippen LogP contribution in [0.15, 0.2) is 12.1 Å².